The Morgan fingerprint density at radius 1 is 1.65 bits per heavy atom. The van der Waals surface area contributed by atoms with Crippen molar-refractivity contribution < 1.29 is 5.21 Å². The molecule has 1 heterocycles. The number of oxime groups is 1. The van der Waals surface area contributed by atoms with Gasteiger partial charge in [0.2, 0.25) is 0 Å². The Balaban J connectivity index is 2.39. The standard InChI is InChI=1S/C12H21N3OS/c1-3-10(8-12(13)15-16)14-9(2)7-11-5-4-6-17-11/h4-6,9-10,14,16H,3,7-8H2,1-2H3,(H2,13,15). The van der Waals surface area contributed by atoms with Crippen molar-refractivity contribution in [2.45, 2.75) is 45.2 Å². The second kappa shape index (κ2) is 7.29. The van der Waals surface area contributed by atoms with Crippen LogP contribution in [-0.2, 0) is 6.42 Å². The molecule has 1 aromatic heterocycles. The van der Waals surface area contributed by atoms with Crippen LogP contribution in [0.4, 0.5) is 0 Å². The minimum absolute atomic E-state index is 0.265. The second-order valence-corrected chi connectivity index (χ2v) is 5.28. The van der Waals surface area contributed by atoms with Crippen LogP contribution in [0, 0.1) is 0 Å². The zero-order valence-electron chi connectivity index (χ0n) is 10.4. The summed E-state index contributed by atoms with van der Waals surface area (Å²) in [5, 5.41) is 17.2. The molecule has 0 aliphatic carbocycles. The van der Waals surface area contributed by atoms with Gasteiger partial charge in [-0.05, 0) is 31.2 Å². The minimum Gasteiger partial charge on any atom is -0.409 e. The smallest absolute Gasteiger partial charge is 0.140 e. The molecule has 2 atom stereocenters. The first kappa shape index (κ1) is 14.0. The third-order valence-electron chi connectivity index (χ3n) is 2.68. The van der Waals surface area contributed by atoms with E-state index in [2.05, 4.69) is 41.8 Å². The van der Waals surface area contributed by atoms with E-state index in [9.17, 15) is 0 Å². The molecule has 4 nitrogen and oxygen atoms in total. The van der Waals surface area contributed by atoms with Crippen molar-refractivity contribution in [2.75, 3.05) is 0 Å². The maximum Gasteiger partial charge on any atom is 0.140 e. The molecule has 0 radical (unpaired) electrons. The van der Waals surface area contributed by atoms with Crippen molar-refractivity contribution in [2.24, 2.45) is 10.9 Å². The number of rotatable bonds is 7. The van der Waals surface area contributed by atoms with E-state index < -0.39 is 0 Å². The van der Waals surface area contributed by atoms with E-state index in [4.69, 9.17) is 10.9 Å². The maximum atomic E-state index is 8.56. The molecule has 0 saturated heterocycles. The molecule has 2 unspecified atom stereocenters. The average molecular weight is 255 g/mol. The minimum atomic E-state index is 0.265. The molecule has 0 spiro atoms. The molecule has 0 saturated carbocycles. The highest BCUT2D eigenvalue weighted by atomic mass is 32.1. The van der Waals surface area contributed by atoms with E-state index in [0.29, 0.717) is 12.5 Å². The van der Waals surface area contributed by atoms with Crippen molar-refractivity contribution in [1.82, 2.24) is 5.32 Å². The highest BCUT2D eigenvalue weighted by Crippen LogP contribution is 2.12. The van der Waals surface area contributed by atoms with E-state index in [1.165, 1.54) is 4.88 Å². The number of nitrogens with two attached hydrogens (primary N) is 1. The van der Waals surface area contributed by atoms with Crippen molar-refractivity contribution in [3.63, 3.8) is 0 Å². The van der Waals surface area contributed by atoms with Crippen LogP contribution in [0.15, 0.2) is 22.7 Å². The SMILES string of the molecule is CCC(C/C(N)=N/O)NC(C)Cc1cccs1. The Morgan fingerprint density at radius 2 is 2.41 bits per heavy atom. The predicted octanol–water partition coefficient (Wildman–Crippen LogP) is 2.18. The summed E-state index contributed by atoms with van der Waals surface area (Å²) in [7, 11) is 0. The van der Waals surface area contributed by atoms with Crippen LogP contribution in [0.5, 0.6) is 0 Å². The topological polar surface area (TPSA) is 70.6 Å². The largest absolute Gasteiger partial charge is 0.409 e. The van der Waals surface area contributed by atoms with Crippen LogP contribution in [0.1, 0.15) is 31.6 Å². The van der Waals surface area contributed by atoms with E-state index in [0.717, 1.165) is 12.8 Å². The van der Waals surface area contributed by atoms with Crippen molar-refractivity contribution in [3.05, 3.63) is 22.4 Å². The van der Waals surface area contributed by atoms with Gasteiger partial charge in [-0.3, -0.25) is 0 Å². The lowest BCUT2D eigenvalue weighted by Crippen LogP contribution is -2.39. The quantitative estimate of drug-likeness (QED) is 0.303. The lowest BCUT2D eigenvalue weighted by molar-refractivity contribution is 0.314. The maximum absolute atomic E-state index is 8.56. The normalized spacial score (nSPS) is 15.8. The van der Waals surface area contributed by atoms with Gasteiger partial charge in [0, 0.05) is 23.4 Å². The fourth-order valence-electron chi connectivity index (χ4n) is 1.81. The second-order valence-electron chi connectivity index (χ2n) is 4.25. The molecule has 1 aromatic rings. The average Bonchev–Trinajstić information content (AvgIpc) is 2.80. The molecule has 1 rings (SSSR count). The van der Waals surface area contributed by atoms with Gasteiger partial charge in [-0.15, -0.1) is 11.3 Å². The van der Waals surface area contributed by atoms with E-state index in [1.54, 1.807) is 11.3 Å². The molecule has 4 N–H and O–H groups in total. The Labute approximate surface area is 107 Å². The van der Waals surface area contributed by atoms with Crippen LogP contribution in [0.2, 0.25) is 0 Å². The summed E-state index contributed by atoms with van der Waals surface area (Å²) < 4.78 is 0. The molecule has 96 valence electrons. The van der Waals surface area contributed by atoms with Gasteiger partial charge in [-0.2, -0.15) is 0 Å². The lowest BCUT2D eigenvalue weighted by atomic mass is 10.1. The molecule has 0 amide bonds. The Bertz CT molecular complexity index is 338. The molecule has 0 bridgehead atoms. The summed E-state index contributed by atoms with van der Waals surface area (Å²) in [6.45, 7) is 4.26. The van der Waals surface area contributed by atoms with Gasteiger partial charge in [0.05, 0.1) is 0 Å². The zero-order chi connectivity index (χ0) is 12.7. The summed E-state index contributed by atoms with van der Waals surface area (Å²) in [4.78, 5) is 1.38. The summed E-state index contributed by atoms with van der Waals surface area (Å²) >= 11 is 1.78. The highest BCUT2D eigenvalue weighted by Gasteiger charge is 2.12. The fraction of sp³-hybridized carbons (Fsp3) is 0.583. The first-order valence-electron chi connectivity index (χ1n) is 5.90. The molecule has 0 aliphatic heterocycles. The van der Waals surface area contributed by atoms with Gasteiger partial charge in [-0.1, -0.05) is 18.1 Å². The van der Waals surface area contributed by atoms with Crippen LogP contribution in [0.25, 0.3) is 0 Å². The third kappa shape index (κ3) is 5.19. The number of nitrogens with zero attached hydrogens (tertiary/aromatic N) is 1. The summed E-state index contributed by atoms with van der Waals surface area (Å²) in [6.07, 6.45) is 2.57. The fourth-order valence-corrected chi connectivity index (χ4v) is 2.64. The Hall–Kier alpha value is -1.07. The predicted molar refractivity (Wildman–Crippen MR) is 72.7 cm³/mol. The van der Waals surface area contributed by atoms with Crippen molar-refractivity contribution >= 4 is 17.2 Å². The molecule has 0 aromatic carbocycles. The lowest BCUT2D eigenvalue weighted by Gasteiger charge is -2.21. The number of nitrogens with one attached hydrogen (secondary N) is 1. The number of amidine groups is 1. The van der Waals surface area contributed by atoms with Gasteiger partial charge in [0.1, 0.15) is 5.84 Å². The molecule has 5 heteroatoms. The molecule has 0 fully saturated rings. The van der Waals surface area contributed by atoms with Gasteiger partial charge >= 0.3 is 0 Å². The van der Waals surface area contributed by atoms with Gasteiger partial charge < -0.3 is 16.3 Å². The Kier molecular flexibility index (Phi) is 6.00. The number of thiophene rings is 1. The van der Waals surface area contributed by atoms with Crippen LogP contribution in [0.3, 0.4) is 0 Å². The summed E-state index contributed by atoms with van der Waals surface area (Å²) in [5.41, 5.74) is 5.52. The number of hydrogen-bond donors (Lipinski definition) is 3. The van der Waals surface area contributed by atoms with Crippen LogP contribution < -0.4 is 11.1 Å². The van der Waals surface area contributed by atoms with E-state index in [-0.39, 0.29) is 11.9 Å². The first-order chi connectivity index (χ1) is 8.15. The van der Waals surface area contributed by atoms with Gasteiger partial charge in [0.15, 0.2) is 0 Å². The molecule has 0 aliphatic rings. The third-order valence-corrected chi connectivity index (χ3v) is 3.58. The molecular weight excluding hydrogens is 234 g/mol. The van der Waals surface area contributed by atoms with Crippen LogP contribution >= 0.6 is 11.3 Å². The first-order valence-corrected chi connectivity index (χ1v) is 6.78. The van der Waals surface area contributed by atoms with Gasteiger partial charge in [-0.25, -0.2) is 0 Å². The molecule has 17 heavy (non-hydrogen) atoms. The zero-order valence-corrected chi connectivity index (χ0v) is 11.2. The van der Waals surface area contributed by atoms with Crippen molar-refractivity contribution in [3.8, 4) is 0 Å². The molecular formula is C12H21N3OS. The Morgan fingerprint density at radius 3 is 2.94 bits per heavy atom. The monoisotopic (exact) mass is 255 g/mol. The summed E-state index contributed by atoms with van der Waals surface area (Å²) in [6, 6.07) is 4.87. The van der Waals surface area contributed by atoms with E-state index >= 15 is 0 Å². The summed E-state index contributed by atoms with van der Waals surface area (Å²) in [5.74, 6) is 0.285. The van der Waals surface area contributed by atoms with Gasteiger partial charge in [0.25, 0.3) is 0 Å². The highest BCUT2D eigenvalue weighted by molar-refractivity contribution is 7.09. The van der Waals surface area contributed by atoms with E-state index in [1.807, 2.05) is 0 Å². The van der Waals surface area contributed by atoms with Crippen LogP contribution in [-0.4, -0.2) is 23.1 Å². The number of hydrogen-bond acceptors (Lipinski definition) is 4. The van der Waals surface area contributed by atoms with Crippen molar-refractivity contribution in [1.29, 1.82) is 0 Å².